The van der Waals surface area contributed by atoms with Gasteiger partial charge in [0.2, 0.25) is 0 Å². The first-order valence-electron chi connectivity index (χ1n) is 7.85. The zero-order chi connectivity index (χ0) is 15.5. The number of rotatable bonds is 4. The third kappa shape index (κ3) is 3.30. The van der Waals surface area contributed by atoms with E-state index in [0.29, 0.717) is 6.04 Å². The Morgan fingerprint density at radius 1 is 1.14 bits per heavy atom. The number of halogens is 1. The molecule has 0 amide bonds. The Bertz CT molecular complexity index is 651. The van der Waals surface area contributed by atoms with E-state index in [-0.39, 0.29) is 5.82 Å². The van der Waals surface area contributed by atoms with Crippen molar-refractivity contribution < 1.29 is 9.13 Å². The van der Waals surface area contributed by atoms with Crippen molar-refractivity contribution >= 4 is 0 Å². The maximum Gasteiger partial charge on any atom is 0.124 e. The van der Waals surface area contributed by atoms with Crippen molar-refractivity contribution in [2.24, 2.45) is 0 Å². The predicted octanol–water partition coefficient (Wildman–Crippen LogP) is 4.10. The maximum absolute atomic E-state index is 12.9. The molecule has 0 fully saturated rings. The quantitative estimate of drug-likeness (QED) is 0.918. The van der Waals surface area contributed by atoms with Gasteiger partial charge in [-0.05, 0) is 61.7 Å². The minimum Gasteiger partial charge on any atom is -0.493 e. The van der Waals surface area contributed by atoms with Gasteiger partial charge in [0.05, 0.1) is 6.61 Å². The van der Waals surface area contributed by atoms with Crippen LogP contribution in [0.15, 0.2) is 36.4 Å². The zero-order valence-electron chi connectivity index (χ0n) is 13.2. The largest absolute Gasteiger partial charge is 0.493 e. The van der Waals surface area contributed by atoms with Crippen molar-refractivity contribution in [2.45, 2.75) is 32.7 Å². The molecule has 2 aromatic rings. The molecule has 0 aromatic heterocycles. The molecule has 2 aromatic carbocycles. The highest BCUT2D eigenvalue weighted by atomic mass is 19.1. The second kappa shape index (κ2) is 6.49. The summed E-state index contributed by atoms with van der Waals surface area (Å²) < 4.78 is 18.7. The lowest BCUT2D eigenvalue weighted by molar-refractivity contribution is 0.253. The molecule has 0 saturated carbocycles. The van der Waals surface area contributed by atoms with Gasteiger partial charge in [0.25, 0.3) is 0 Å². The van der Waals surface area contributed by atoms with Crippen LogP contribution in [0.3, 0.4) is 0 Å². The Kier molecular flexibility index (Phi) is 4.44. The van der Waals surface area contributed by atoms with Gasteiger partial charge in [-0.15, -0.1) is 0 Å². The molecule has 1 aliphatic rings. The van der Waals surface area contributed by atoms with Crippen LogP contribution in [-0.4, -0.2) is 13.2 Å². The lowest BCUT2D eigenvalue weighted by atomic mass is 9.96. The second-order valence-corrected chi connectivity index (χ2v) is 5.99. The van der Waals surface area contributed by atoms with Crippen molar-refractivity contribution in [1.82, 2.24) is 5.32 Å². The molecule has 3 rings (SSSR count). The third-order valence-corrected chi connectivity index (χ3v) is 4.38. The predicted molar refractivity (Wildman–Crippen MR) is 86.9 cm³/mol. The summed E-state index contributed by atoms with van der Waals surface area (Å²) in [6.45, 7) is 5.89. The molecular formula is C19H22FNO. The fourth-order valence-corrected chi connectivity index (χ4v) is 2.91. The SMILES string of the molecule is Cc1cc2c(cc1C)C(NCCc1ccc(F)cc1)CCO2. The summed E-state index contributed by atoms with van der Waals surface area (Å²) in [6, 6.07) is 11.4. The maximum atomic E-state index is 12.9. The van der Waals surface area contributed by atoms with Gasteiger partial charge in [-0.1, -0.05) is 18.2 Å². The molecule has 0 radical (unpaired) electrons. The first-order chi connectivity index (χ1) is 10.6. The summed E-state index contributed by atoms with van der Waals surface area (Å²) in [5, 5.41) is 3.61. The summed E-state index contributed by atoms with van der Waals surface area (Å²) in [4.78, 5) is 0. The van der Waals surface area contributed by atoms with Gasteiger partial charge < -0.3 is 10.1 Å². The molecule has 1 atom stereocenters. The Labute approximate surface area is 131 Å². The van der Waals surface area contributed by atoms with Crippen LogP contribution in [0.5, 0.6) is 5.75 Å². The monoisotopic (exact) mass is 299 g/mol. The van der Waals surface area contributed by atoms with Gasteiger partial charge in [-0.25, -0.2) is 4.39 Å². The Hall–Kier alpha value is -1.87. The highest BCUT2D eigenvalue weighted by Gasteiger charge is 2.21. The third-order valence-electron chi connectivity index (χ3n) is 4.38. The van der Waals surface area contributed by atoms with Crippen LogP contribution in [0.25, 0.3) is 0 Å². The fourth-order valence-electron chi connectivity index (χ4n) is 2.91. The molecule has 2 nitrogen and oxygen atoms in total. The molecule has 116 valence electrons. The number of hydrogen-bond acceptors (Lipinski definition) is 2. The smallest absolute Gasteiger partial charge is 0.124 e. The minimum atomic E-state index is -0.180. The van der Waals surface area contributed by atoms with Gasteiger partial charge in [0.1, 0.15) is 11.6 Å². The Balaban J connectivity index is 1.64. The normalized spacial score (nSPS) is 17.0. The summed E-state index contributed by atoms with van der Waals surface area (Å²) in [5.41, 5.74) is 4.98. The van der Waals surface area contributed by atoms with Crippen molar-refractivity contribution in [1.29, 1.82) is 0 Å². The lowest BCUT2D eigenvalue weighted by Crippen LogP contribution is -2.28. The van der Waals surface area contributed by atoms with E-state index >= 15 is 0 Å². The number of hydrogen-bond donors (Lipinski definition) is 1. The molecule has 0 spiro atoms. The first-order valence-corrected chi connectivity index (χ1v) is 7.85. The fraction of sp³-hybridized carbons (Fsp3) is 0.368. The standard InChI is InChI=1S/C19H22FNO/c1-13-11-17-18(8-10-22-19(17)12-14(13)2)21-9-7-15-3-5-16(20)6-4-15/h3-6,11-12,18,21H,7-10H2,1-2H3. The van der Waals surface area contributed by atoms with E-state index in [9.17, 15) is 4.39 Å². The zero-order valence-corrected chi connectivity index (χ0v) is 13.2. The van der Waals surface area contributed by atoms with Gasteiger partial charge in [0, 0.05) is 18.0 Å². The van der Waals surface area contributed by atoms with E-state index in [1.807, 2.05) is 12.1 Å². The van der Waals surface area contributed by atoms with E-state index in [0.717, 1.165) is 37.3 Å². The second-order valence-electron chi connectivity index (χ2n) is 5.99. The molecule has 3 heteroatoms. The molecule has 1 aliphatic heterocycles. The molecule has 22 heavy (non-hydrogen) atoms. The van der Waals surface area contributed by atoms with Crippen molar-refractivity contribution in [3.63, 3.8) is 0 Å². The van der Waals surface area contributed by atoms with Crippen LogP contribution in [0.1, 0.15) is 34.7 Å². The highest BCUT2D eigenvalue weighted by Crippen LogP contribution is 2.34. The summed E-state index contributed by atoms with van der Waals surface area (Å²) in [7, 11) is 0. The van der Waals surface area contributed by atoms with E-state index in [4.69, 9.17) is 4.74 Å². The Morgan fingerprint density at radius 3 is 2.64 bits per heavy atom. The number of fused-ring (bicyclic) bond motifs is 1. The van der Waals surface area contributed by atoms with Gasteiger partial charge in [-0.3, -0.25) is 0 Å². The molecule has 1 unspecified atom stereocenters. The highest BCUT2D eigenvalue weighted by molar-refractivity contribution is 5.44. The van der Waals surface area contributed by atoms with Gasteiger partial charge >= 0.3 is 0 Å². The molecule has 0 bridgehead atoms. The van der Waals surface area contributed by atoms with Crippen LogP contribution in [0, 0.1) is 19.7 Å². The molecule has 0 aliphatic carbocycles. The van der Waals surface area contributed by atoms with Crippen molar-refractivity contribution in [2.75, 3.05) is 13.2 Å². The minimum absolute atomic E-state index is 0.180. The van der Waals surface area contributed by atoms with Crippen LogP contribution in [0.4, 0.5) is 4.39 Å². The number of ether oxygens (including phenoxy) is 1. The van der Waals surface area contributed by atoms with Crippen LogP contribution in [-0.2, 0) is 6.42 Å². The van der Waals surface area contributed by atoms with Gasteiger partial charge in [-0.2, -0.15) is 0 Å². The van der Waals surface area contributed by atoms with Crippen LogP contribution in [0.2, 0.25) is 0 Å². The molecular weight excluding hydrogens is 277 g/mol. The summed E-state index contributed by atoms with van der Waals surface area (Å²) in [6.07, 6.45) is 1.89. The van der Waals surface area contributed by atoms with Crippen molar-refractivity contribution in [3.8, 4) is 5.75 Å². The van der Waals surface area contributed by atoms with E-state index in [2.05, 4.69) is 31.3 Å². The Morgan fingerprint density at radius 2 is 1.86 bits per heavy atom. The van der Waals surface area contributed by atoms with Gasteiger partial charge in [0.15, 0.2) is 0 Å². The van der Waals surface area contributed by atoms with Crippen molar-refractivity contribution in [3.05, 3.63) is 64.5 Å². The van der Waals surface area contributed by atoms with E-state index in [1.54, 1.807) is 0 Å². The van der Waals surface area contributed by atoms with E-state index in [1.165, 1.54) is 28.8 Å². The topological polar surface area (TPSA) is 21.3 Å². The van der Waals surface area contributed by atoms with Crippen LogP contribution >= 0.6 is 0 Å². The van der Waals surface area contributed by atoms with Crippen LogP contribution < -0.4 is 10.1 Å². The summed E-state index contributed by atoms with van der Waals surface area (Å²) >= 11 is 0. The average Bonchev–Trinajstić information content (AvgIpc) is 2.51. The first kappa shape index (κ1) is 15.0. The number of aryl methyl sites for hydroxylation is 2. The number of benzene rings is 2. The summed E-state index contributed by atoms with van der Waals surface area (Å²) in [5.74, 6) is 0.828. The molecule has 1 N–H and O–H groups in total. The van der Waals surface area contributed by atoms with E-state index < -0.39 is 0 Å². The average molecular weight is 299 g/mol. The lowest BCUT2D eigenvalue weighted by Gasteiger charge is -2.28. The molecule has 1 heterocycles. The molecule has 0 saturated heterocycles. The number of nitrogens with one attached hydrogen (secondary N) is 1.